The molecule has 4 N–H and O–H groups in total. The normalized spacial score (nSPS) is 11.4. The van der Waals surface area contributed by atoms with E-state index in [1.807, 2.05) is 13.8 Å². The van der Waals surface area contributed by atoms with Crippen molar-refractivity contribution in [3.05, 3.63) is 18.2 Å². The van der Waals surface area contributed by atoms with E-state index < -0.39 is 5.54 Å². The van der Waals surface area contributed by atoms with E-state index in [-0.39, 0.29) is 5.91 Å². The fraction of sp³-hybridized carbons (Fsp3) is 0.636. The van der Waals surface area contributed by atoms with Crippen LogP contribution in [-0.4, -0.2) is 28.0 Å². The quantitative estimate of drug-likeness (QED) is 0.661. The van der Waals surface area contributed by atoms with Gasteiger partial charge in [-0.15, -0.1) is 0 Å². The minimum absolute atomic E-state index is 0.0722. The Morgan fingerprint density at radius 2 is 2.25 bits per heavy atom. The minimum Gasteiger partial charge on any atom is -0.354 e. The monoisotopic (exact) mass is 224 g/mol. The van der Waals surface area contributed by atoms with Gasteiger partial charge in [0.05, 0.1) is 11.9 Å². The summed E-state index contributed by atoms with van der Waals surface area (Å²) in [4.78, 5) is 18.7. The molecule has 0 atom stereocenters. The minimum atomic E-state index is -0.728. The maximum Gasteiger partial charge on any atom is 0.240 e. The van der Waals surface area contributed by atoms with Crippen LogP contribution in [0.1, 0.15) is 32.4 Å². The molecule has 16 heavy (non-hydrogen) atoms. The topological polar surface area (TPSA) is 83.8 Å². The van der Waals surface area contributed by atoms with Crippen LogP contribution in [0.3, 0.4) is 0 Å². The zero-order valence-electron chi connectivity index (χ0n) is 9.92. The second kappa shape index (κ2) is 5.65. The first-order valence-corrected chi connectivity index (χ1v) is 5.66. The molecule has 1 amide bonds. The first-order valence-electron chi connectivity index (χ1n) is 5.66. The second-order valence-corrected chi connectivity index (χ2v) is 3.95. The largest absolute Gasteiger partial charge is 0.354 e. The summed E-state index contributed by atoms with van der Waals surface area (Å²) >= 11 is 0. The molecule has 0 aromatic carbocycles. The Hall–Kier alpha value is -1.36. The van der Waals surface area contributed by atoms with E-state index in [0.29, 0.717) is 19.4 Å². The summed E-state index contributed by atoms with van der Waals surface area (Å²) in [6.07, 6.45) is 5.43. The molecule has 1 aromatic rings. The molecule has 0 fully saturated rings. The molecule has 0 spiro atoms. The molecule has 0 radical (unpaired) electrons. The molecule has 0 aliphatic rings. The first-order chi connectivity index (χ1) is 7.62. The highest BCUT2D eigenvalue weighted by Crippen LogP contribution is 2.10. The van der Waals surface area contributed by atoms with Crippen molar-refractivity contribution in [3.63, 3.8) is 0 Å². The summed E-state index contributed by atoms with van der Waals surface area (Å²) < 4.78 is 0. The Labute approximate surface area is 95.8 Å². The molecule has 90 valence electrons. The summed E-state index contributed by atoms with van der Waals surface area (Å²) in [5.74, 6) is -0.0722. The van der Waals surface area contributed by atoms with Crippen LogP contribution >= 0.6 is 0 Å². The third-order valence-electron chi connectivity index (χ3n) is 2.95. The third-order valence-corrected chi connectivity index (χ3v) is 2.95. The highest BCUT2D eigenvalue weighted by Gasteiger charge is 2.29. The number of carbonyl (C=O) groups excluding carboxylic acids is 1. The molecule has 0 unspecified atom stereocenters. The molecule has 0 aliphatic carbocycles. The Kier molecular flexibility index (Phi) is 4.49. The third kappa shape index (κ3) is 3.06. The van der Waals surface area contributed by atoms with Crippen LogP contribution in [0.25, 0.3) is 0 Å². The Bertz CT molecular complexity index is 317. The number of H-pyrrole nitrogens is 1. The molecule has 5 nitrogen and oxygen atoms in total. The van der Waals surface area contributed by atoms with Crippen LogP contribution in [0.2, 0.25) is 0 Å². The molecule has 0 aliphatic heterocycles. The zero-order chi connectivity index (χ0) is 12.0. The molecular formula is C11H20N4O. The highest BCUT2D eigenvalue weighted by molar-refractivity contribution is 5.85. The van der Waals surface area contributed by atoms with Gasteiger partial charge in [0.15, 0.2) is 0 Å². The van der Waals surface area contributed by atoms with E-state index >= 15 is 0 Å². The Morgan fingerprint density at radius 1 is 1.56 bits per heavy atom. The summed E-state index contributed by atoms with van der Waals surface area (Å²) in [5.41, 5.74) is 6.25. The number of nitrogens with zero attached hydrogens (tertiary/aromatic N) is 1. The van der Waals surface area contributed by atoms with Gasteiger partial charge in [0.2, 0.25) is 5.91 Å². The van der Waals surface area contributed by atoms with Gasteiger partial charge in [0, 0.05) is 24.9 Å². The van der Waals surface area contributed by atoms with Crippen LogP contribution in [0, 0.1) is 0 Å². The standard InChI is InChI=1S/C11H20N4O/c1-3-11(12,4-2)10(16)14-6-5-9-7-13-8-15-9/h7-8H,3-6,12H2,1-2H3,(H,13,15)(H,14,16). The summed E-state index contributed by atoms with van der Waals surface area (Å²) in [6, 6.07) is 0. The number of rotatable bonds is 6. The fourth-order valence-electron chi connectivity index (χ4n) is 1.48. The lowest BCUT2D eigenvalue weighted by molar-refractivity contribution is -0.126. The van der Waals surface area contributed by atoms with Crippen LogP contribution < -0.4 is 11.1 Å². The number of hydrogen-bond acceptors (Lipinski definition) is 3. The van der Waals surface area contributed by atoms with Crippen LogP contribution in [0.15, 0.2) is 12.5 Å². The van der Waals surface area contributed by atoms with E-state index in [4.69, 9.17) is 5.73 Å². The maximum absolute atomic E-state index is 11.8. The van der Waals surface area contributed by atoms with Crippen LogP contribution in [0.5, 0.6) is 0 Å². The van der Waals surface area contributed by atoms with E-state index in [2.05, 4.69) is 15.3 Å². The number of nitrogens with two attached hydrogens (primary N) is 1. The molecule has 0 saturated carbocycles. The van der Waals surface area contributed by atoms with Gasteiger partial charge in [-0.2, -0.15) is 0 Å². The molecule has 1 aromatic heterocycles. The highest BCUT2D eigenvalue weighted by atomic mass is 16.2. The van der Waals surface area contributed by atoms with Crippen molar-refractivity contribution in [2.24, 2.45) is 5.73 Å². The van der Waals surface area contributed by atoms with Crippen molar-refractivity contribution in [1.29, 1.82) is 0 Å². The lowest BCUT2D eigenvalue weighted by atomic mass is 9.93. The van der Waals surface area contributed by atoms with Gasteiger partial charge >= 0.3 is 0 Å². The first kappa shape index (κ1) is 12.7. The van der Waals surface area contributed by atoms with E-state index in [1.54, 1.807) is 12.5 Å². The van der Waals surface area contributed by atoms with Crippen molar-refractivity contribution in [3.8, 4) is 0 Å². The lowest BCUT2D eigenvalue weighted by Gasteiger charge is -2.25. The smallest absolute Gasteiger partial charge is 0.240 e. The van der Waals surface area contributed by atoms with Gasteiger partial charge in [-0.3, -0.25) is 4.79 Å². The molecule has 1 rings (SSSR count). The van der Waals surface area contributed by atoms with Crippen molar-refractivity contribution in [1.82, 2.24) is 15.3 Å². The van der Waals surface area contributed by atoms with Crippen molar-refractivity contribution < 1.29 is 4.79 Å². The average molecular weight is 224 g/mol. The number of aromatic amines is 1. The fourth-order valence-corrected chi connectivity index (χ4v) is 1.48. The number of aromatic nitrogens is 2. The Morgan fingerprint density at radius 3 is 2.75 bits per heavy atom. The van der Waals surface area contributed by atoms with Crippen molar-refractivity contribution in [2.45, 2.75) is 38.6 Å². The van der Waals surface area contributed by atoms with E-state index in [1.165, 1.54) is 0 Å². The number of nitrogens with one attached hydrogen (secondary N) is 2. The van der Waals surface area contributed by atoms with Crippen LogP contribution in [0.4, 0.5) is 0 Å². The van der Waals surface area contributed by atoms with Gasteiger partial charge in [0.1, 0.15) is 0 Å². The number of amides is 1. The Balaban J connectivity index is 2.35. The predicted molar refractivity (Wildman–Crippen MR) is 62.8 cm³/mol. The summed E-state index contributed by atoms with van der Waals surface area (Å²) in [5, 5.41) is 2.85. The molecular weight excluding hydrogens is 204 g/mol. The predicted octanol–water partition coefficient (Wildman–Crippen LogP) is 0.586. The van der Waals surface area contributed by atoms with E-state index in [9.17, 15) is 4.79 Å². The summed E-state index contributed by atoms with van der Waals surface area (Å²) in [6.45, 7) is 4.44. The van der Waals surface area contributed by atoms with Gasteiger partial charge in [-0.05, 0) is 12.8 Å². The van der Waals surface area contributed by atoms with Gasteiger partial charge in [-0.25, -0.2) is 4.98 Å². The lowest BCUT2D eigenvalue weighted by Crippen LogP contribution is -2.53. The zero-order valence-corrected chi connectivity index (χ0v) is 9.92. The van der Waals surface area contributed by atoms with Crippen molar-refractivity contribution >= 4 is 5.91 Å². The molecule has 0 saturated heterocycles. The summed E-state index contributed by atoms with van der Waals surface area (Å²) in [7, 11) is 0. The van der Waals surface area contributed by atoms with Crippen LogP contribution in [-0.2, 0) is 11.2 Å². The SMILES string of the molecule is CCC(N)(CC)C(=O)NCCc1cnc[nH]1. The van der Waals surface area contributed by atoms with Gasteiger partial charge < -0.3 is 16.0 Å². The second-order valence-electron chi connectivity index (χ2n) is 3.95. The average Bonchev–Trinajstić information content (AvgIpc) is 2.80. The van der Waals surface area contributed by atoms with Gasteiger partial charge in [-0.1, -0.05) is 13.8 Å². The number of imidazole rings is 1. The molecule has 5 heteroatoms. The van der Waals surface area contributed by atoms with E-state index in [0.717, 1.165) is 12.1 Å². The van der Waals surface area contributed by atoms with Gasteiger partial charge in [0.25, 0.3) is 0 Å². The molecule has 0 bridgehead atoms. The number of hydrogen-bond donors (Lipinski definition) is 3. The molecule has 1 heterocycles. The maximum atomic E-state index is 11.8. The van der Waals surface area contributed by atoms with Crippen molar-refractivity contribution in [2.75, 3.05) is 6.54 Å². The number of carbonyl (C=O) groups is 1.